The number of fused-ring (bicyclic) bond motifs is 1. The first kappa shape index (κ1) is 19.8. The first-order chi connectivity index (χ1) is 13.9. The van der Waals surface area contributed by atoms with E-state index in [0.717, 1.165) is 55.8 Å². The zero-order valence-corrected chi connectivity index (χ0v) is 17.6. The fourth-order valence-electron chi connectivity index (χ4n) is 4.27. The summed E-state index contributed by atoms with van der Waals surface area (Å²) in [5.41, 5.74) is 3.44. The van der Waals surface area contributed by atoms with E-state index < -0.39 is 0 Å². The zero-order chi connectivity index (χ0) is 20.6. The molecule has 1 spiro atoms. The Balaban J connectivity index is 1.43. The molecule has 1 amide bonds. The van der Waals surface area contributed by atoms with Crippen LogP contribution in [-0.2, 0) is 31.4 Å². The summed E-state index contributed by atoms with van der Waals surface area (Å²) in [6.45, 7) is 3.17. The third-order valence-corrected chi connectivity index (χ3v) is 6.04. The van der Waals surface area contributed by atoms with Crippen LogP contribution in [0.3, 0.4) is 0 Å². The Bertz CT molecular complexity index is 900. The molecule has 2 aliphatic heterocycles. The van der Waals surface area contributed by atoms with E-state index in [1.165, 1.54) is 0 Å². The minimum atomic E-state index is -0.169. The van der Waals surface area contributed by atoms with E-state index in [9.17, 15) is 4.79 Å². The summed E-state index contributed by atoms with van der Waals surface area (Å²) in [6.07, 6.45) is 2.72. The van der Waals surface area contributed by atoms with Gasteiger partial charge in [0, 0.05) is 64.5 Å². The lowest BCUT2D eigenvalue weighted by Gasteiger charge is -2.43. The Labute approximate surface area is 171 Å². The van der Waals surface area contributed by atoms with Gasteiger partial charge in [0.1, 0.15) is 0 Å². The van der Waals surface area contributed by atoms with Gasteiger partial charge in [0.05, 0.1) is 25.0 Å². The molecule has 0 saturated carbocycles. The Kier molecular flexibility index (Phi) is 5.31. The average molecular weight is 399 g/mol. The molecular weight excluding hydrogens is 370 g/mol. The molecule has 1 saturated heterocycles. The van der Waals surface area contributed by atoms with Crippen molar-refractivity contribution >= 4 is 5.91 Å². The van der Waals surface area contributed by atoms with Gasteiger partial charge < -0.3 is 14.4 Å². The predicted octanol–water partition coefficient (Wildman–Crippen LogP) is 1.63. The summed E-state index contributed by atoms with van der Waals surface area (Å²) in [7, 11) is 7.07. The minimum Gasteiger partial charge on any atom is -0.481 e. The van der Waals surface area contributed by atoms with Gasteiger partial charge in [0.25, 0.3) is 5.91 Å². The fraction of sp³-hybridized carbons (Fsp3) is 0.571. The first-order valence-corrected chi connectivity index (χ1v) is 10.0. The van der Waals surface area contributed by atoms with Crippen LogP contribution in [0.15, 0.2) is 18.2 Å². The van der Waals surface area contributed by atoms with Gasteiger partial charge in [-0.25, -0.2) is 4.98 Å². The van der Waals surface area contributed by atoms with Crippen molar-refractivity contribution < 1.29 is 14.3 Å². The number of ether oxygens (including phenoxy) is 2. The van der Waals surface area contributed by atoms with Crippen molar-refractivity contribution in [2.45, 2.75) is 38.0 Å². The Morgan fingerprint density at radius 3 is 2.76 bits per heavy atom. The van der Waals surface area contributed by atoms with Gasteiger partial charge in [-0.15, -0.1) is 0 Å². The maximum Gasteiger partial charge on any atom is 0.274 e. The molecule has 0 aliphatic carbocycles. The molecule has 0 aromatic carbocycles. The Morgan fingerprint density at radius 1 is 1.31 bits per heavy atom. The standard InChI is InChI=1S/C21H29N5O3/c1-24(2)20(27)19-16-14-29-21(12-17(16)25(3)23-19)8-10-26(11-9-21)13-15-6-5-7-18(22-15)28-4/h5-7H,8-14H2,1-4H3. The van der Waals surface area contributed by atoms with E-state index in [4.69, 9.17) is 9.47 Å². The molecule has 8 heteroatoms. The molecule has 0 N–H and O–H groups in total. The molecule has 1 fully saturated rings. The second kappa shape index (κ2) is 7.76. The van der Waals surface area contributed by atoms with Gasteiger partial charge >= 0.3 is 0 Å². The lowest BCUT2D eigenvalue weighted by molar-refractivity contribution is -0.104. The normalized spacial score (nSPS) is 18.5. The number of carbonyl (C=O) groups is 1. The topological polar surface area (TPSA) is 72.7 Å². The van der Waals surface area contributed by atoms with Crippen molar-refractivity contribution in [2.75, 3.05) is 34.3 Å². The molecule has 8 nitrogen and oxygen atoms in total. The number of rotatable bonds is 4. The molecule has 4 rings (SSSR count). The number of carbonyl (C=O) groups excluding carboxylic acids is 1. The average Bonchev–Trinajstić information content (AvgIpc) is 3.05. The number of likely N-dealkylation sites (tertiary alicyclic amines) is 1. The van der Waals surface area contributed by atoms with E-state index in [2.05, 4.69) is 15.0 Å². The molecule has 0 atom stereocenters. The van der Waals surface area contributed by atoms with Crippen LogP contribution in [0.5, 0.6) is 5.88 Å². The molecule has 0 bridgehead atoms. The van der Waals surface area contributed by atoms with Crippen molar-refractivity contribution in [2.24, 2.45) is 7.05 Å². The number of amides is 1. The number of hydrogen-bond acceptors (Lipinski definition) is 6. The smallest absolute Gasteiger partial charge is 0.274 e. The summed E-state index contributed by atoms with van der Waals surface area (Å²) < 4.78 is 13.5. The summed E-state index contributed by atoms with van der Waals surface area (Å²) in [5, 5.41) is 4.49. The van der Waals surface area contributed by atoms with Crippen molar-refractivity contribution in [3.8, 4) is 5.88 Å². The number of nitrogens with zero attached hydrogens (tertiary/aromatic N) is 5. The lowest BCUT2D eigenvalue weighted by Crippen LogP contribution is -2.49. The number of methoxy groups -OCH3 is 1. The molecule has 0 unspecified atom stereocenters. The second-order valence-corrected chi connectivity index (χ2v) is 8.19. The first-order valence-electron chi connectivity index (χ1n) is 10.0. The van der Waals surface area contributed by atoms with Crippen LogP contribution in [-0.4, -0.2) is 70.4 Å². The SMILES string of the molecule is COc1cccc(CN2CCC3(CC2)Cc2c(c(C(=O)N(C)C)nn2C)CO3)n1. The molecular formula is C21H29N5O3. The second-order valence-electron chi connectivity index (χ2n) is 8.19. The minimum absolute atomic E-state index is 0.0676. The molecule has 4 heterocycles. The van der Waals surface area contributed by atoms with Crippen molar-refractivity contribution in [3.63, 3.8) is 0 Å². The van der Waals surface area contributed by atoms with Crippen molar-refractivity contribution in [3.05, 3.63) is 40.8 Å². The summed E-state index contributed by atoms with van der Waals surface area (Å²) >= 11 is 0. The van der Waals surface area contributed by atoms with Crippen LogP contribution in [0, 0.1) is 0 Å². The maximum absolute atomic E-state index is 12.4. The summed E-state index contributed by atoms with van der Waals surface area (Å²) in [6, 6.07) is 5.88. The van der Waals surface area contributed by atoms with Gasteiger partial charge in [-0.1, -0.05) is 6.07 Å². The molecule has 0 radical (unpaired) electrons. The highest BCUT2D eigenvalue weighted by Crippen LogP contribution is 2.37. The van der Waals surface area contributed by atoms with Crippen LogP contribution in [0.2, 0.25) is 0 Å². The van der Waals surface area contributed by atoms with Gasteiger partial charge in [-0.2, -0.15) is 5.10 Å². The number of pyridine rings is 1. The van der Waals surface area contributed by atoms with Crippen LogP contribution in [0.25, 0.3) is 0 Å². The number of aromatic nitrogens is 3. The highest BCUT2D eigenvalue weighted by Gasteiger charge is 2.41. The van der Waals surface area contributed by atoms with Crippen molar-refractivity contribution in [1.82, 2.24) is 24.6 Å². The monoisotopic (exact) mass is 399 g/mol. The fourth-order valence-corrected chi connectivity index (χ4v) is 4.27. The largest absolute Gasteiger partial charge is 0.481 e. The van der Waals surface area contributed by atoms with Crippen LogP contribution in [0.1, 0.15) is 40.3 Å². The number of aryl methyl sites for hydroxylation is 1. The van der Waals surface area contributed by atoms with Gasteiger partial charge in [0.15, 0.2) is 5.69 Å². The molecule has 156 valence electrons. The summed E-state index contributed by atoms with van der Waals surface area (Å²) in [5.74, 6) is 0.584. The molecule has 2 aliphatic rings. The lowest BCUT2D eigenvalue weighted by atomic mass is 9.83. The van der Waals surface area contributed by atoms with Crippen LogP contribution >= 0.6 is 0 Å². The Hall–Kier alpha value is -2.45. The van der Waals surface area contributed by atoms with E-state index in [1.54, 1.807) is 26.1 Å². The van der Waals surface area contributed by atoms with Gasteiger partial charge in [-0.3, -0.25) is 14.4 Å². The Morgan fingerprint density at radius 2 is 2.07 bits per heavy atom. The third-order valence-electron chi connectivity index (χ3n) is 6.04. The highest BCUT2D eigenvalue weighted by atomic mass is 16.5. The number of piperidine rings is 1. The predicted molar refractivity (Wildman–Crippen MR) is 108 cm³/mol. The van der Waals surface area contributed by atoms with Gasteiger partial charge in [-0.05, 0) is 18.9 Å². The van der Waals surface area contributed by atoms with E-state index in [-0.39, 0.29) is 11.5 Å². The third kappa shape index (κ3) is 3.86. The van der Waals surface area contributed by atoms with E-state index in [0.29, 0.717) is 18.2 Å². The maximum atomic E-state index is 12.4. The van der Waals surface area contributed by atoms with Crippen LogP contribution in [0.4, 0.5) is 0 Å². The molecule has 2 aromatic heterocycles. The highest BCUT2D eigenvalue weighted by molar-refractivity contribution is 5.93. The van der Waals surface area contributed by atoms with E-state index >= 15 is 0 Å². The number of hydrogen-bond donors (Lipinski definition) is 0. The summed E-state index contributed by atoms with van der Waals surface area (Å²) in [4.78, 5) is 20.9. The molecule has 2 aromatic rings. The van der Waals surface area contributed by atoms with Crippen molar-refractivity contribution in [1.29, 1.82) is 0 Å². The quantitative estimate of drug-likeness (QED) is 0.778. The van der Waals surface area contributed by atoms with Crippen LogP contribution < -0.4 is 4.74 Å². The zero-order valence-electron chi connectivity index (χ0n) is 17.6. The van der Waals surface area contributed by atoms with Gasteiger partial charge in [0.2, 0.25) is 5.88 Å². The molecule has 29 heavy (non-hydrogen) atoms. The van der Waals surface area contributed by atoms with E-state index in [1.807, 2.05) is 29.9 Å².